The Morgan fingerprint density at radius 1 is 0.580 bits per heavy atom. The van der Waals surface area contributed by atoms with Gasteiger partial charge in [0.15, 0.2) is 17.5 Å². The van der Waals surface area contributed by atoms with Crippen LogP contribution in [0.4, 0.5) is 0 Å². The van der Waals surface area contributed by atoms with E-state index in [9.17, 15) is 0 Å². The van der Waals surface area contributed by atoms with E-state index in [0.29, 0.717) is 17.5 Å². The van der Waals surface area contributed by atoms with Crippen molar-refractivity contribution >= 4 is 17.0 Å². The molecule has 0 amide bonds. The number of nitrogens with zero attached hydrogens (tertiary/aromatic N) is 5. The van der Waals surface area contributed by atoms with Crippen LogP contribution in [0.15, 0.2) is 158 Å². The molecule has 6 heteroatoms. The fraction of sp³-hybridized carbons (Fsp3) is 0.0455. The first-order valence-corrected chi connectivity index (χ1v) is 16.8. The second-order valence-corrected chi connectivity index (χ2v) is 12.6. The van der Waals surface area contributed by atoms with Crippen LogP contribution in [0.25, 0.3) is 68.0 Å². The molecule has 6 nitrogen and oxygen atoms in total. The van der Waals surface area contributed by atoms with E-state index in [2.05, 4.69) is 137 Å². The molecule has 4 heterocycles. The Labute approximate surface area is 289 Å². The highest BCUT2D eigenvalue weighted by atomic mass is 16.5. The van der Waals surface area contributed by atoms with Gasteiger partial charge in [-0.25, -0.2) is 15.0 Å². The number of pyridine rings is 1. The van der Waals surface area contributed by atoms with Crippen molar-refractivity contribution < 1.29 is 4.74 Å². The van der Waals surface area contributed by atoms with Crippen molar-refractivity contribution in [1.82, 2.24) is 24.5 Å². The van der Waals surface area contributed by atoms with Crippen LogP contribution in [0.1, 0.15) is 28.8 Å². The molecule has 0 N–H and O–H groups in total. The molecule has 2 unspecified atom stereocenters. The highest BCUT2D eigenvalue weighted by molar-refractivity contribution is 5.92. The fourth-order valence-corrected chi connectivity index (χ4v) is 7.45. The Balaban J connectivity index is 1.12. The third kappa shape index (κ3) is 4.57. The van der Waals surface area contributed by atoms with Crippen LogP contribution in [0.5, 0.6) is 5.75 Å². The maximum atomic E-state index is 7.07. The minimum absolute atomic E-state index is 0.0501. The number of fused-ring (bicyclic) bond motifs is 7. The summed E-state index contributed by atoms with van der Waals surface area (Å²) in [5.74, 6) is 2.57. The van der Waals surface area contributed by atoms with Gasteiger partial charge in [0.2, 0.25) is 0 Å². The van der Waals surface area contributed by atoms with E-state index in [1.54, 1.807) is 12.4 Å². The summed E-state index contributed by atoms with van der Waals surface area (Å²) in [6, 6.07) is 48.0. The zero-order valence-electron chi connectivity index (χ0n) is 26.9. The number of ether oxygens (including phenoxy) is 1. The predicted octanol–water partition coefficient (Wildman–Crippen LogP) is 10.1. The van der Waals surface area contributed by atoms with Crippen LogP contribution in [0, 0.1) is 0 Å². The van der Waals surface area contributed by atoms with Gasteiger partial charge < -0.3 is 9.30 Å². The van der Waals surface area contributed by atoms with Gasteiger partial charge in [0, 0.05) is 51.6 Å². The smallest absolute Gasteiger partial charge is 0.167 e. The number of para-hydroxylation sites is 3. The number of benzene rings is 5. The number of hydrogen-bond acceptors (Lipinski definition) is 5. The van der Waals surface area contributed by atoms with Gasteiger partial charge in [-0.15, -0.1) is 0 Å². The molecule has 10 rings (SSSR count). The van der Waals surface area contributed by atoms with E-state index in [-0.39, 0.29) is 12.0 Å². The van der Waals surface area contributed by atoms with E-state index in [0.717, 1.165) is 56.0 Å². The Morgan fingerprint density at radius 2 is 1.28 bits per heavy atom. The molecular formula is C44H29N5O. The molecule has 2 aliphatic rings. The molecule has 236 valence electrons. The summed E-state index contributed by atoms with van der Waals surface area (Å²) in [5, 5.41) is 1.19. The number of hydrogen-bond donors (Lipinski definition) is 0. The summed E-state index contributed by atoms with van der Waals surface area (Å²) in [4.78, 5) is 19.5. The topological polar surface area (TPSA) is 65.7 Å². The summed E-state index contributed by atoms with van der Waals surface area (Å²) in [5.41, 5.74) is 10.6. The first kappa shape index (κ1) is 28.4. The van der Waals surface area contributed by atoms with Crippen molar-refractivity contribution in [2.45, 2.75) is 12.0 Å². The van der Waals surface area contributed by atoms with Crippen LogP contribution >= 0.6 is 0 Å². The summed E-state index contributed by atoms with van der Waals surface area (Å²) in [6.45, 7) is 0. The Morgan fingerprint density at radius 3 is 2.12 bits per heavy atom. The van der Waals surface area contributed by atoms with Crippen LogP contribution in [0.3, 0.4) is 0 Å². The lowest BCUT2D eigenvalue weighted by molar-refractivity contribution is 0.225. The van der Waals surface area contributed by atoms with E-state index >= 15 is 0 Å². The molecule has 0 fully saturated rings. The SMILES string of the molecule is C1=CC2c3cccc(-c4nc(-c5cccnc5)nc(-c5cccc(-c6ccccc6)c5)n4)c3OC2c2c1n(-c1ccccc1)c1ccccc21. The molecule has 50 heavy (non-hydrogen) atoms. The first-order chi connectivity index (χ1) is 24.8. The van der Waals surface area contributed by atoms with Crippen molar-refractivity contribution in [2.24, 2.45) is 0 Å². The molecule has 8 aromatic rings. The van der Waals surface area contributed by atoms with Crippen molar-refractivity contribution in [2.75, 3.05) is 0 Å². The Bertz CT molecular complexity index is 2580. The average molecular weight is 644 g/mol. The molecule has 0 saturated carbocycles. The summed E-state index contributed by atoms with van der Waals surface area (Å²) in [7, 11) is 0. The summed E-state index contributed by atoms with van der Waals surface area (Å²) in [6.07, 6.45) is 7.90. The molecule has 2 atom stereocenters. The van der Waals surface area contributed by atoms with Gasteiger partial charge in [-0.2, -0.15) is 0 Å². The monoisotopic (exact) mass is 643 g/mol. The highest BCUT2D eigenvalue weighted by Crippen LogP contribution is 2.55. The number of aromatic nitrogens is 5. The number of rotatable bonds is 5. The zero-order chi connectivity index (χ0) is 33.0. The molecule has 0 saturated heterocycles. The Hall–Kier alpha value is -6.66. The van der Waals surface area contributed by atoms with E-state index in [1.165, 1.54) is 10.9 Å². The predicted molar refractivity (Wildman–Crippen MR) is 198 cm³/mol. The highest BCUT2D eigenvalue weighted by Gasteiger charge is 2.41. The van der Waals surface area contributed by atoms with Crippen LogP contribution in [-0.2, 0) is 0 Å². The van der Waals surface area contributed by atoms with Crippen molar-refractivity contribution in [3.63, 3.8) is 0 Å². The average Bonchev–Trinajstić information content (AvgIpc) is 3.75. The molecular weight excluding hydrogens is 615 g/mol. The molecule has 3 aromatic heterocycles. The maximum Gasteiger partial charge on any atom is 0.167 e. The maximum absolute atomic E-state index is 7.07. The van der Waals surface area contributed by atoms with E-state index in [4.69, 9.17) is 19.7 Å². The second kappa shape index (κ2) is 11.5. The van der Waals surface area contributed by atoms with Crippen molar-refractivity contribution in [3.8, 4) is 56.7 Å². The lowest BCUT2D eigenvalue weighted by Crippen LogP contribution is -2.13. The molecule has 1 aliphatic carbocycles. The summed E-state index contributed by atoms with van der Waals surface area (Å²) >= 11 is 0. The van der Waals surface area contributed by atoms with Gasteiger partial charge >= 0.3 is 0 Å². The van der Waals surface area contributed by atoms with E-state index < -0.39 is 0 Å². The van der Waals surface area contributed by atoms with Gasteiger partial charge in [-0.05, 0) is 59.7 Å². The lowest BCUT2D eigenvalue weighted by Gasteiger charge is -2.22. The largest absolute Gasteiger partial charge is 0.484 e. The minimum Gasteiger partial charge on any atom is -0.484 e. The van der Waals surface area contributed by atoms with Crippen LogP contribution in [0.2, 0.25) is 0 Å². The Kier molecular flexibility index (Phi) is 6.52. The zero-order valence-corrected chi connectivity index (χ0v) is 26.9. The molecule has 0 spiro atoms. The van der Waals surface area contributed by atoms with Gasteiger partial charge in [-0.3, -0.25) is 4.98 Å². The van der Waals surface area contributed by atoms with Gasteiger partial charge in [0.05, 0.1) is 16.8 Å². The van der Waals surface area contributed by atoms with Crippen LogP contribution in [-0.4, -0.2) is 24.5 Å². The summed E-state index contributed by atoms with van der Waals surface area (Å²) < 4.78 is 9.41. The molecule has 5 aromatic carbocycles. The third-order valence-corrected chi connectivity index (χ3v) is 9.71. The normalized spacial score (nSPS) is 15.7. The first-order valence-electron chi connectivity index (χ1n) is 16.8. The van der Waals surface area contributed by atoms with Gasteiger partial charge in [-0.1, -0.05) is 103 Å². The van der Waals surface area contributed by atoms with Gasteiger partial charge in [0.25, 0.3) is 0 Å². The molecule has 0 radical (unpaired) electrons. The molecule has 0 bridgehead atoms. The lowest BCUT2D eigenvalue weighted by atomic mass is 9.85. The van der Waals surface area contributed by atoms with Crippen molar-refractivity contribution in [3.05, 3.63) is 175 Å². The van der Waals surface area contributed by atoms with Crippen LogP contribution < -0.4 is 4.74 Å². The van der Waals surface area contributed by atoms with E-state index in [1.807, 2.05) is 24.3 Å². The fourth-order valence-electron chi connectivity index (χ4n) is 7.45. The second-order valence-electron chi connectivity index (χ2n) is 12.6. The quantitative estimate of drug-likeness (QED) is 0.187. The minimum atomic E-state index is -0.192. The molecule has 1 aliphatic heterocycles. The standard InChI is InChI=1S/C44H29N5O/c1-3-12-28(13-4-1)29-14-9-15-30(26-29)42-46-43(31-16-11-25-45-27-31)48-44(47-42)36-21-10-20-33-34-23-24-38-39(41(34)50-40(33)36)35-19-7-8-22-37(35)49(38)32-17-5-2-6-18-32/h1-27,34,41H. The third-order valence-electron chi connectivity index (χ3n) is 9.71. The van der Waals surface area contributed by atoms with Gasteiger partial charge in [0.1, 0.15) is 11.9 Å². The van der Waals surface area contributed by atoms with Crippen molar-refractivity contribution in [1.29, 1.82) is 0 Å².